The highest BCUT2D eigenvalue weighted by Crippen LogP contribution is 2.19. The Morgan fingerprint density at radius 2 is 1.88 bits per heavy atom. The molecule has 0 atom stereocenters. The lowest BCUT2D eigenvalue weighted by Crippen LogP contribution is -2.29. The van der Waals surface area contributed by atoms with Crippen molar-refractivity contribution < 1.29 is 4.74 Å². The molecule has 0 heterocycles. The van der Waals surface area contributed by atoms with Gasteiger partial charge in [0.25, 0.3) is 0 Å². The summed E-state index contributed by atoms with van der Waals surface area (Å²) < 4.78 is 4.96. The summed E-state index contributed by atoms with van der Waals surface area (Å²) in [6.45, 7) is 4.58. The van der Waals surface area contributed by atoms with E-state index in [9.17, 15) is 0 Å². The standard InChI is InChI=1S/C13H22N2OS/c1-16-10-9-14-7-8-15-11-12-5-3-4-6-13(12)17-2/h3-6,14-15H,7-11H2,1-2H3. The van der Waals surface area contributed by atoms with E-state index in [2.05, 4.69) is 41.2 Å². The van der Waals surface area contributed by atoms with E-state index in [1.807, 2.05) is 0 Å². The van der Waals surface area contributed by atoms with Crippen LogP contribution in [0.25, 0.3) is 0 Å². The maximum atomic E-state index is 4.96. The molecule has 0 spiro atoms. The van der Waals surface area contributed by atoms with Gasteiger partial charge in [-0.2, -0.15) is 0 Å². The van der Waals surface area contributed by atoms with E-state index in [-0.39, 0.29) is 0 Å². The summed E-state index contributed by atoms with van der Waals surface area (Å²) >= 11 is 1.80. The number of hydrogen-bond donors (Lipinski definition) is 2. The molecule has 0 saturated carbocycles. The first-order valence-electron chi connectivity index (χ1n) is 5.90. The predicted octanol–water partition coefficient (Wildman–Crippen LogP) is 1.73. The molecule has 0 amide bonds. The number of nitrogens with one attached hydrogen (secondary N) is 2. The first-order valence-corrected chi connectivity index (χ1v) is 7.13. The Balaban J connectivity index is 2.13. The predicted molar refractivity (Wildman–Crippen MR) is 74.7 cm³/mol. The Bertz CT molecular complexity index is 307. The van der Waals surface area contributed by atoms with Crippen molar-refractivity contribution in [2.75, 3.05) is 39.6 Å². The third-order valence-corrected chi connectivity index (χ3v) is 3.31. The van der Waals surface area contributed by atoms with Crippen LogP contribution in [0.15, 0.2) is 29.2 Å². The van der Waals surface area contributed by atoms with E-state index in [1.54, 1.807) is 18.9 Å². The van der Waals surface area contributed by atoms with Gasteiger partial charge in [0.15, 0.2) is 0 Å². The van der Waals surface area contributed by atoms with Gasteiger partial charge in [-0.3, -0.25) is 0 Å². The monoisotopic (exact) mass is 254 g/mol. The summed E-state index contributed by atoms with van der Waals surface area (Å²) in [7, 11) is 1.72. The summed E-state index contributed by atoms with van der Waals surface area (Å²) in [4.78, 5) is 1.35. The summed E-state index contributed by atoms with van der Waals surface area (Å²) in [5, 5.41) is 6.75. The molecule has 96 valence electrons. The topological polar surface area (TPSA) is 33.3 Å². The fourth-order valence-corrected chi connectivity index (χ4v) is 2.17. The van der Waals surface area contributed by atoms with Crippen molar-refractivity contribution in [3.05, 3.63) is 29.8 Å². The average Bonchev–Trinajstić information content (AvgIpc) is 2.38. The fourth-order valence-electron chi connectivity index (χ4n) is 1.55. The van der Waals surface area contributed by atoms with Crippen molar-refractivity contribution >= 4 is 11.8 Å². The van der Waals surface area contributed by atoms with E-state index in [0.717, 1.165) is 32.8 Å². The van der Waals surface area contributed by atoms with Crippen molar-refractivity contribution in [2.24, 2.45) is 0 Å². The number of methoxy groups -OCH3 is 1. The van der Waals surface area contributed by atoms with Gasteiger partial charge in [0.1, 0.15) is 0 Å². The molecule has 1 rings (SSSR count). The summed E-state index contributed by atoms with van der Waals surface area (Å²) in [6.07, 6.45) is 2.12. The second kappa shape index (κ2) is 9.48. The lowest BCUT2D eigenvalue weighted by Gasteiger charge is -2.09. The first kappa shape index (κ1) is 14.5. The summed E-state index contributed by atoms with van der Waals surface area (Å²) in [6, 6.07) is 8.52. The quantitative estimate of drug-likeness (QED) is 0.519. The molecule has 0 aliphatic rings. The molecule has 3 nitrogen and oxygen atoms in total. The number of hydrogen-bond acceptors (Lipinski definition) is 4. The Labute approximate surface area is 108 Å². The fraction of sp³-hybridized carbons (Fsp3) is 0.538. The Kier molecular flexibility index (Phi) is 8.09. The van der Waals surface area contributed by atoms with Gasteiger partial charge in [-0.15, -0.1) is 11.8 Å². The van der Waals surface area contributed by atoms with E-state index in [1.165, 1.54) is 10.5 Å². The molecule has 1 aromatic carbocycles. The molecular weight excluding hydrogens is 232 g/mol. The van der Waals surface area contributed by atoms with E-state index >= 15 is 0 Å². The van der Waals surface area contributed by atoms with Gasteiger partial charge in [0.2, 0.25) is 0 Å². The van der Waals surface area contributed by atoms with Crippen LogP contribution in [0, 0.1) is 0 Å². The highest BCUT2D eigenvalue weighted by Gasteiger charge is 1.98. The van der Waals surface area contributed by atoms with Crippen LogP contribution in [0.1, 0.15) is 5.56 Å². The van der Waals surface area contributed by atoms with Gasteiger partial charge < -0.3 is 15.4 Å². The van der Waals surface area contributed by atoms with Gasteiger partial charge >= 0.3 is 0 Å². The minimum absolute atomic E-state index is 0.773. The molecule has 0 radical (unpaired) electrons. The zero-order valence-corrected chi connectivity index (χ0v) is 11.5. The molecule has 0 aliphatic heterocycles. The van der Waals surface area contributed by atoms with Gasteiger partial charge in [0.05, 0.1) is 6.61 Å². The maximum Gasteiger partial charge on any atom is 0.0587 e. The van der Waals surface area contributed by atoms with Crippen molar-refractivity contribution in [3.63, 3.8) is 0 Å². The van der Waals surface area contributed by atoms with E-state index in [0.29, 0.717) is 0 Å². The second-order valence-electron chi connectivity index (χ2n) is 3.73. The van der Waals surface area contributed by atoms with Crippen LogP contribution in [-0.2, 0) is 11.3 Å². The highest BCUT2D eigenvalue weighted by atomic mass is 32.2. The Morgan fingerprint density at radius 3 is 2.65 bits per heavy atom. The molecule has 0 unspecified atom stereocenters. The molecule has 0 bridgehead atoms. The first-order chi connectivity index (χ1) is 8.38. The Morgan fingerprint density at radius 1 is 1.12 bits per heavy atom. The van der Waals surface area contributed by atoms with Crippen LogP contribution in [0.4, 0.5) is 0 Å². The minimum atomic E-state index is 0.773. The zero-order chi connectivity index (χ0) is 12.3. The van der Waals surface area contributed by atoms with Crippen LogP contribution in [-0.4, -0.2) is 39.6 Å². The zero-order valence-electron chi connectivity index (χ0n) is 10.7. The molecule has 0 fully saturated rings. The van der Waals surface area contributed by atoms with Gasteiger partial charge in [0, 0.05) is 38.2 Å². The smallest absolute Gasteiger partial charge is 0.0587 e. The second-order valence-corrected chi connectivity index (χ2v) is 4.58. The third kappa shape index (κ3) is 6.07. The largest absolute Gasteiger partial charge is 0.383 e. The lowest BCUT2D eigenvalue weighted by molar-refractivity contribution is 0.199. The van der Waals surface area contributed by atoms with Gasteiger partial charge in [-0.1, -0.05) is 18.2 Å². The van der Waals surface area contributed by atoms with Crippen LogP contribution < -0.4 is 10.6 Å². The van der Waals surface area contributed by atoms with Gasteiger partial charge in [-0.05, 0) is 17.9 Å². The number of benzene rings is 1. The van der Waals surface area contributed by atoms with Crippen molar-refractivity contribution in [1.82, 2.24) is 10.6 Å². The van der Waals surface area contributed by atoms with Crippen LogP contribution in [0.3, 0.4) is 0 Å². The van der Waals surface area contributed by atoms with Gasteiger partial charge in [-0.25, -0.2) is 0 Å². The van der Waals surface area contributed by atoms with Crippen molar-refractivity contribution in [2.45, 2.75) is 11.4 Å². The van der Waals surface area contributed by atoms with E-state index < -0.39 is 0 Å². The number of thioether (sulfide) groups is 1. The molecule has 2 N–H and O–H groups in total. The summed E-state index contributed by atoms with van der Waals surface area (Å²) in [5.74, 6) is 0. The molecule has 4 heteroatoms. The highest BCUT2D eigenvalue weighted by molar-refractivity contribution is 7.98. The van der Waals surface area contributed by atoms with Crippen molar-refractivity contribution in [1.29, 1.82) is 0 Å². The third-order valence-electron chi connectivity index (χ3n) is 2.47. The Hall–Kier alpha value is -0.550. The molecule has 1 aromatic rings. The van der Waals surface area contributed by atoms with Crippen LogP contribution in [0.2, 0.25) is 0 Å². The van der Waals surface area contributed by atoms with E-state index in [4.69, 9.17) is 4.74 Å². The molecule has 0 aliphatic carbocycles. The van der Waals surface area contributed by atoms with Crippen molar-refractivity contribution in [3.8, 4) is 0 Å². The normalized spacial score (nSPS) is 10.7. The summed E-state index contributed by atoms with van der Waals surface area (Å²) in [5.41, 5.74) is 1.37. The van der Waals surface area contributed by atoms with Crippen LogP contribution >= 0.6 is 11.8 Å². The van der Waals surface area contributed by atoms with Crippen LogP contribution in [0.5, 0.6) is 0 Å². The molecular formula is C13H22N2OS. The lowest BCUT2D eigenvalue weighted by atomic mass is 10.2. The number of ether oxygens (including phenoxy) is 1. The minimum Gasteiger partial charge on any atom is -0.383 e. The molecule has 0 aromatic heterocycles. The molecule has 17 heavy (non-hydrogen) atoms. The average molecular weight is 254 g/mol. The maximum absolute atomic E-state index is 4.96. The SMILES string of the molecule is COCCNCCNCc1ccccc1SC. The number of rotatable bonds is 9. The molecule has 0 saturated heterocycles.